The minimum Gasteiger partial charge on any atom is -0.307 e. The summed E-state index contributed by atoms with van der Waals surface area (Å²) in [7, 11) is 0. The summed E-state index contributed by atoms with van der Waals surface area (Å²) in [5.74, 6) is 3.78. The highest BCUT2D eigenvalue weighted by molar-refractivity contribution is 6.23. The number of nitrogens with zero attached hydrogens (tertiary/aromatic N) is 8. The Balaban J connectivity index is 0.932. The third kappa shape index (κ3) is 7.38. The van der Waals surface area contributed by atoms with Crippen molar-refractivity contribution in [3.63, 3.8) is 0 Å². The summed E-state index contributed by atoms with van der Waals surface area (Å²) in [6, 6.07) is 89.9. The van der Waals surface area contributed by atoms with Gasteiger partial charge in [-0.2, -0.15) is 9.97 Å². The van der Waals surface area contributed by atoms with Crippen molar-refractivity contribution in [1.82, 2.24) is 39.0 Å². The highest BCUT2D eigenvalue weighted by Crippen LogP contribution is 2.60. The normalized spacial score (nSPS) is 15.2. The summed E-state index contributed by atoms with van der Waals surface area (Å²) in [6.07, 6.45) is 9.21. The Hall–Kier alpha value is -10.7. The van der Waals surface area contributed by atoms with E-state index in [1.807, 2.05) is 78.9 Å². The van der Waals surface area contributed by atoms with E-state index in [1.165, 1.54) is 22.3 Å². The maximum absolute atomic E-state index is 5.61. The van der Waals surface area contributed by atoms with Gasteiger partial charge >= 0.3 is 0 Å². The Morgan fingerprint density at radius 1 is 0.321 bits per heavy atom. The molecule has 0 spiro atoms. The molecule has 0 saturated carbocycles. The van der Waals surface area contributed by atoms with Crippen LogP contribution in [-0.4, -0.2) is 39.0 Å². The SMILES string of the molecule is C1=CC2c3cc(-c4nc(-c5ccccc5)nc(-n5c6ccccc6c6ccc7c8ccccc8n(-c8cccc(-c9nc(-c%10ccccc%10)nc(-c%10ccccc%10)n9)c8)c7c65)n4)ccc3C(c3ccccc3)(c3ccccc3)C2C=C1. The molecule has 0 radical (unpaired) electrons. The van der Waals surface area contributed by atoms with E-state index >= 15 is 0 Å². The number of benzene rings is 10. The van der Waals surface area contributed by atoms with Crippen molar-refractivity contribution in [1.29, 1.82) is 0 Å². The second-order valence-electron chi connectivity index (χ2n) is 21.0. The van der Waals surface area contributed by atoms with Crippen LogP contribution in [0.5, 0.6) is 0 Å². The highest BCUT2D eigenvalue weighted by Gasteiger charge is 2.53. The van der Waals surface area contributed by atoms with Crippen molar-refractivity contribution in [2.45, 2.75) is 11.3 Å². The number of rotatable bonds is 9. The fourth-order valence-electron chi connectivity index (χ4n) is 13.1. The zero-order valence-corrected chi connectivity index (χ0v) is 43.8. The van der Waals surface area contributed by atoms with E-state index < -0.39 is 5.41 Å². The largest absolute Gasteiger partial charge is 0.307 e. The molecule has 16 rings (SSSR count). The topological polar surface area (TPSA) is 87.2 Å². The molecule has 0 saturated heterocycles. The van der Waals surface area contributed by atoms with Gasteiger partial charge in [-0.1, -0.05) is 249 Å². The highest BCUT2D eigenvalue weighted by atomic mass is 15.2. The molecule has 2 unspecified atom stereocenters. The minimum atomic E-state index is -0.421. The molecule has 0 N–H and O–H groups in total. The molecule has 14 aromatic rings. The first-order chi connectivity index (χ1) is 40.2. The fraction of sp³-hybridized carbons (Fsp3) is 0.0411. The van der Waals surface area contributed by atoms with E-state index in [0.29, 0.717) is 35.1 Å². The zero-order valence-electron chi connectivity index (χ0n) is 43.8. The Morgan fingerprint density at radius 3 is 1.32 bits per heavy atom. The first kappa shape index (κ1) is 46.4. The van der Waals surface area contributed by atoms with E-state index in [4.69, 9.17) is 29.9 Å². The molecular weight excluding hydrogens is 989 g/mol. The number of para-hydroxylation sites is 2. The van der Waals surface area contributed by atoms with Gasteiger partial charge in [-0.05, 0) is 52.6 Å². The summed E-state index contributed by atoms with van der Waals surface area (Å²) >= 11 is 0. The van der Waals surface area contributed by atoms with Crippen molar-refractivity contribution in [2.24, 2.45) is 5.92 Å². The standard InChI is InChI=1S/C73H48N8/c1-6-23-47(24-7-1)67-74-68(48-25-8-2-9-26-48)76-70(75-67)50-29-22-34-54(45-50)80-63-39-20-17-36-56(63)58-42-43-59-57-37-18-21-40-64(57)81(66(59)65(58)80)72-78-69(49-27-10-3-11-28-49)77-71(79-72)51-41-44-62-60(46-51)55-35-16-19-38-61(55)73(62,52-30-12-4-13-31-52)53-32-14-5-15-33-53/h1-46,55,61H. The number of hydrogen-bond acceptors (Lipinski definition) is 6. The van der Waals surface area contributed by atoms with Gasteiger partial charge < -0.3 is 4.57 Å². The third-order valence-corrected chi connectivity index (χ3v) is 16.6. The Morgan fingerprint density at radius 2 is 0.753 bits per heavy atom. The smallest absolute Gasteiger partial charge is 0.238 e. The van der Waals surface area contributed by atoms with Crippen LogP contribution in [0.4, 0.5) is 0 Å². The minimum absolute atomic E-state index is 0.119. The number of aromatic nitrogens is 8. The van der Waals surface area contributed by atoms with E-state index in [9.17, 15) is 0 Å². The van der Waals surface area contributed by atoms with Crippen LogP contribution in [0.25, 0.3) is 112 Å². The molecule has 81 heavy (non-hydrogen) atoms. The molecule has 0 fully saturated rings. The zero-order chi connectivity index (χ0) is 53.4. The average Bonchev–Trinajstić information content (AvgIpc) is 2.59. The van der Waals surface area contributed by atoms with Crippen LogP contribution in [-0.2, 0) is 5.41 Å². The van der Waals surface area contributed by atoms with E-state index in [2.05, 4.69) is 209 Å². The van der Waals surface area contributed by atoms with Gasteiger partial charge in [-0.25, -0.2) is 19.9 Å². The average molecular weight is 1040 g/mol. The number of allylic oxidation sites excluding steroid dienone is 4. The van der Waals surface area contributed by atoms with Gasteiger partial charge in [0.1, 0.15) is 0 Å². The van der Waals surface area contributed by atoms with Crippen molar-refractivity contribution in [3.05, 3.63) is 301 Å². The molecule has 8 nitrogen and oxygen atoms in total. The molecule has 380 valence electrons. The summed E-state index contributed by atoms with van der Waals surface area (Å²) < 4.78 is 4.65. The van der Waals surface area contributed by atoms with E-state index in [-0.39, 0.29) is 11.8 Å². The van der Waals surface area contributed by atoms with Gasteiger partial charge in [0.2, 0.25) is 5.95 Å². The monoisotopic (exact) mass is 1040 g/mol. The van der Waals surface area contributed by atoms with Crippen LogP contribution >= 0.6 is 0 Å². The van der Waals surface area contributed by atoms with Gasteiger partial charge in [0.25, 0.3) is 0 Å². The lowest BCUT2D eigenvalue weighted by Gasteiger charge is -2.38. The summed E-state index contributed by atoms with van der Waals surface area (Å²) in [4.78, 5) is 31.8. The lowest BCUT2D eigenvalue weighted by molar-refractivity contribution is 0.456. The van der Waals surface area contributed by atoms with Crippen LogP contribution in [0.2, 0.25) is 0 Å². The molecule has 0 bridgehead atoms. The van der Waals surface area contributed by atoms with Gasteiger partial charge in [0.05, 0.1) is 27.5 Å². The first-order valence-electron chi connectivity index (χ1n) is 27.5. The Labute approximate surface area is 467 Å². The van der Waals surface area contributed by atoms with E-state index in [0.717, 1.165) is 77.1 Å². The molecule has 2 aliphatic rings. The van der Waals surface area contributed by atoms with Gasteiger partial charge in [-0.15, -0.1) is 0 Å². The van der Waals surface area contributed by atoms with Crippen molar-refractivity contribution in [2.75, 3.05) is 0 Å². The van der Waals surface area contributed by atoms with Gasteiger partial charge in [0, 0.05) is 66.9 Å². The molecule has 8 heteroatoms. The molecule has 10 aromatic carbocycles. The second kappa shape index (κ2) is 18.8. The molecule has 0 aliphatic heterocycles. The molecule has 0 amide bonds. The predicted octanol–water partition coefficient (Wildman–Crippen LogP) is 16.8. The molecule has 2 aliphatic carbocycles. The van der Waals surface area contributed by atoms with Crippen molar-refractivity contribution < 1.29 is 0 Å². The first-order valence-corrected chi connectivity index (χ1v) is 27.5. The summed E-state index contributed by atoms with van der Waals surface area (Å²) in [6.45, 7) is 0. The lowest BCUT2D eigenvalue weighted by atomic mass is 9.63. The molecular formula is C73H48N8. The maximum Gasteiger partial charge on any atom is 0.238 e. The second-order valence-corrected chi connectivity index (χ2v) is 21.0. The van der Waals surface area contributed by atoms with Crippen molar-refractivity contribution in [3.8, 4) is 68.6 Å². The maximum atomic E-state index is 5.61. The van der Waals surface area contributed by atoms with E-state index in [1.54, 1.807) is 0 Å². The van der Waals surface area contributed by atoms with Crippen molar-refractivity contribution >= 4 is 43.6 Å². The van der Waals surface area contributed by atoms with Crippen LogP contribution in [0.15, 0.2) is 279 Å². The predicted molar refractivity (Wildman–Crippen MR) is 326 cm³/mol. The quantitative estimate of drug-likeness (QED) is 0.143. The number of fused-ring (bicyclic) bond motifs is 10. The van der Waals surface area contributed by atoms with Crippen LogP contribution < -0.4 is 0 Å². The molecule has 2 atom stereocenters. The van der Waals surface area contributed by atoms with Crippen LogP contribution in [0, 0.1) is 5.92 Å². The number of hydrogen-bond donors (Lipinski definition) is 0. The lowest BCUT2D eigenvalue weighted by Crippen LogP contribution is -2.34. The third-order valence-electron chi connectivity index (χ3n) is 16.6. The van der Waals surface area contributed by atoms with Gasteiger partial charge in [0.15, 0.2) is 29.1 Å². The summed E-state index contributed by atoms with van der Waals surface area (Å²) in [5, 5.41) is 4.40. The van der Waals surface area contributed by atoms with Crippen LogP contribution in [0.3, 0.4) is 0 Å². The fourth-order valence-corrected chi connectivity index (χ4v) is 13.1. The summed E-state index contributed by atoms with van der Waals surface area (Å²) in [5.41, 5.74) is 14.2. The van der Waals surface area contributed by atoms with Gasteiger partial charge in [-0.3, -0.25) is 4.57 Å². The molecule has 4 heterocycles. The molecule has 4 aromatic heterocycles. The Bertz CT molecular complexity index is 4720. The Kier molecular flexibility index (Phi) is 10.7. The van der Waals surface area contributed by atoms with Crippen LogP contribution in [0.1, 0.15) is 28.2 Å².